The molecule has 0 radical (unpaired) electrons. The van der Waals surface area contributed by atoms with Crippen LogP contribution >= 0.6 is 0 Å². The minimum absolute atomic E-state index is 0.105. The maximum atomic E-state index is 12.8. The maximum Gasteiger partial charge on any atom is 0.253 e. The predicted octanol–water partition coefficient (Wildman–Crippen LogP) is 3.06. The molecule has 0 spiro atoms. The second kappa shape index (κ2) is 6.07. The first-order valence-electron chi connectivity index (χ1n) is 8.38. The van der Waals surface area contributed by atoms with Gasteiger partial charge in [0.1, 0.15) is 5.82 Å². The summed E-state index contributed by atoms with van der Waals surface area (Å²) in [6.07, 6.45) is 4.02. The van der Waals surface area contributed by atoms with E-state index in [1.54, 1.807) is 0 Å². The summed E-state index contributed by atoms with van der Waals surface area (Å²) in [4.78, 5) is 14.7. The van der Waals surface area contributed by atoms with Crippen LogP contribution in [0.1, 0.15) is 40.5 Å². The van der Waals surface area contributed by atoms with Gasteiger partial charge in [-0.2, -0.15) is 0 Å². The first kappa shape index (κ1) is 14.9. The molecule has 1 amide bonds. The lowest BCUT2D eigenvalue weighted by molar-refractivity contribution is 0.0704. The van der Waals surface area contributed by atoms with Gasteiger partial charge < -0.3 is 4.90 Å². The zero-order chi connectivity index (χ0) is 16.5. The van der Waals surface area contributed by atoms with Crippen molar-refractivity contribution in [1.29, 1.82) is 0 Å². The van der Waals surface area contributed by atoms with Crippen LogP contribution in [0.5, 0.6) is 0 Å². The number of pyridine rings is 1. The molecule has 24 heavy (non-hydrogen) atoms. The predicted molar refractivity (Wildman–Crippen MR) is 92.0 cm³/mol. The Balaban J connectivity index is 1.57. The van der Waals surface area contributed by atoms with E-state index in [0.717, 1.165) is 42.0 Å². The zero-order valence-electron chi connectivity index (χ0n) is 13.7. The van der Waals surface area contributed by atoms with Crippen LogP contribution in [0.2, 0.25) is 0 Å². The molecular weight excluding hydrogens is 300 g/mol. The second-order valence-electron chi connectivity index (χ2n) is 6.44. The molecule has 0 unspecified atom stereocenters. The molecule has 1 aromatic carbocycles. The summed E-state index contributed by atoms with van der Waals surface area (Å²) in [7, 11) is 0. The third-order valence-corrected chi connectivity index (χ3v) is 4.71. The van der Waals surface area contributed by atoms with Crippen molar-refractivity contribution in [2.45, 2.75) is 25.7 Å². The third-order valence-electron chi connectivity index (χ3n) is 4.71. The molecule has 5 heteroatoms. The Kier molecular flexibility index (Phi) is 3.76. The quantitative estimate of drug-likeness (QED) is 0.729. The summed E-state index contributed by atoms with van der Waals surface area (Å²) >= 11 is 0. The van der Waals surface area contributed by atoms with Crippen molar-refractivity contribution in [2.24, 2.45) is 0 Å². The molecule has 0 saturated carbocycles. The van der Waals surface area contributed by atoms with Crippen LogP contribution in [0.25, 0.3) is 5.65 Å². The third kappa shape index (κ3) is 2.66. The molecule has 0 bridgehead atoms. The molecule has 3 heterocycles. The number of piperidine rings is 1. The van der Waals surface area contributed by atoms with Gasteiger partial charge in [0.25, 0.3) is 5.91 Å². The van der Waals surface area contributed by atoms with E-state index in [-0.39, 0.29) is 11.8 Å². The summed E-state index contributed by atoms with van der Waals surface area (Å²) in [6.45, 7) is 3.53. The lowest BCUT2D eigenvalue weighted by Crippen LogP contribution is -2.39. The van der Waals surface area contributed by atoms with E-state index >= 15 is 0 Å². The highest BCUT2D eigenvalue weighted by Crippen LogP contribution is 2.27. The van der Waals surface area contributed by atoms with Crippen LogP contribution in [0.3, 0.4) is 0 Å². The van der Waals surface area contributed by atoms with Crippen LogP contribution in [0.4, 0.5) is 0 Å². The molecule has 0 aliphatic carbocycles. The molecule has 1 atom stereocenters. The van der Waals surface area contributed by atoms with Crippen LogP contribution in [0, 0.1) is 6.92 Å². The monoisotopic (exact) mass is 320 g/mol. The van der Waals surface area contributed by atoms with Crippen molar-refractivity contribution in [2.75, 3.05) is 13.1 Å². The normalized spacial score (nSPS) is 18.0. The summed E-state index contributed by atoms with van der Waals surface area (Å²) < 4.78 is 2.03. The average molecular weight is 320 g/mol. The van der Waals surface area contributed by atoms with Gasteiger partial charge in [-0.25, -0.2) is 0 Å². The molecule has 1 saturated heterocycles. The van der Waals surface area contributed by atoms with Crippen molar-refractivity contribution >= 4 is 11.6 Å². The van der Waals surface area contributed by atoms with E-state index in [2.05, 4.69) is 10.2 Å². The molecular formula is C19H20N4O. The van der Waals surface area contributed by atoms with Crippen molar-refractivity contribution in [3.8, 4) is 0 Å². The summed E-state index contributed by atoms with van der Waals surface area (Å²) in [5.74, 6) is 1.28. The topological polar surface area (TPSA) is 50.5 Å². The number of hydrogen-bond acceptors (Lipinski definition) is 3. The van der Waals surface area contributed by atoms with Crippen molar-refractivity contribution in [3.63, 3.8) is 0 Å². The largest absolute Gasteiger partial charge is 0.338 e. The highest BCUT2D eigenvalue weighted by Gasteiger charge is 2.28. The van der Waals surface area contributed by atoms with E-state index in [1.807, 2.05) is 64.9 Å². The number of hydrogen-bond donors (Lipinski definition) is 0. The molecule has 1 aliphatic rings. The van der Waals surface area contributed by atoms with Gasteiger partial charge in [-0.3, -0.25) is 9.20 Å². The Labute approximate surface area is 140 Å². The van der Waals surface area contributed by atoms with Gasteiger partial charge in [-0.1, -0.05) is 23.8 Å². The Morgan fingerprint density at radius 2 is 1.96 bits per heavy atom. The molecule has 122 valence electrons. The second-order valence-corrected chi connectivity index (χ2v) is 6.44. The number of likely N-dealkylation sites (tertiary alicyclic amines) is 1. The maximum absolute atomic E-state index is 12.8. The fourth-order valence-corrected chi connectivity index (χ4v) is 3.39. The van der Waals surface area contributed by atoms with Crippen molar-refractivity contribution in [3.05, 3.63) is 65.6 Å². The van der Waals surface area contributed by atoms with E-state index in [9.17, 15) is 4.79 Å². The van der Waals surface area contributed by atoms with Gasteiger partial charge in [-0.05, 0) is 44.0 Å². The Hall–Kier alpha value is -2.69. The Bertz CT molecular complexity index is 868. The molecule has 1 fully saturated rings. The van der Waals surface area contributed by atoms with Crippen molar-refractivity contribution < 1.29 is 4.79 Å². The van der Waals surface area contributed by atoms with Crippen LogP contribution in [-0.4, -0.2) is 38.5 Å². The Morgan fingerprint density at radius 3 is 2.79 bits per heavy atom. The highest BCUT2D eigenvalue weighted by molar-refractivity contribution is 5.94. The van der Waals surface area contributed by atoms with E-state index < -0.39 is 0 Å². The number of fused-ring (bicyclic) bond motifs is 1. The van der Waals surface area contributed by atoms with Crippen LogP contribution in [-0.2, 0) is 0 Å². The minimum atomic E-state index is 0.105. The lowest BCUT2D eigenvalue weighted by atomic mass is 9.96. The van der Waals surface area contributed by atoms with Crippen LogP contribution in [0.15, 0.2) is 48.7 Å². The standard InChI is InChI=1S/C19H20N4O/c1-14-7-9-15(10-8-14)19(24)22-11-4-5-16(13-22)18-21-20-17-6-2-3-12-23(17)18/h2-3,6-10,12,16H,4-5,11,13H2,1H3/t16-/m1/s1. The highest BCUT2D eigenvalue weighted by atomic mass is 16.2. The van der Waals surface area contributed by atoms with E-state index in [1.165, 1.54) is 0 Å². The number of nitrogens with zero attached hydrogens (tertiary/aromatic N) is 4. The van der Waals surface area contributed by atoms with Gasteiger partial charge in [0.2, 0.25) is 0 Å². The van der Waals surface area contributed by atoms with Gasteiger partial charge in [0.15, 0.2) is 5.65 Å². The van der Waals surface area contributed by atoms with Gasteiger partial charge >= 0.3 is 0 Å². The minimum Gasteiger partial charge on any atom is -0.338 e. The number of amides is 1. The zero-order valence-corrected chi connectivity index (χ0v) is 13.7. The number of aryl methyl sites for hydroxylation is 1. The van der Waals surface area contributed by atoms with E-state index in [0.29, 0.717) is 6.54 Å². The Morgan fingerprint density at radius 1 is 1.12 bits per heavy atom. The molecule has 3 aromatic rings. The number of aromatic nitrogens is 3. The number of carbonyl (C=O) groups is 1. The van der Waals surface area contributed by atoms with Gasteiger partial charge in [0.05, 0.1) is 0 Å². The fraction of sp³-hybridized carbons (Fsp3) is 0.316. The molecule has 5 nitrogen and oxygen atoms in total. The first-order valence-corrected chi connectivity index (χ1v) is 8.38. The smallest absolute Gasteiger partial charge is 0.253 e. The first-order chi connectivity index (χ1) is 11.7. The lowest BCUT2D eigenvalue weighted by Gasteiger charge is -2.32. The van der Waals surface area contributed by atoms with Gasteiger partial charge in [0, 0.05) is 30.8 Å². The number of benzene rings is 1. The molecule has 0 N–H and O–H groups in total. The SMILES string of the molecule is Cc1ccc(C(=O)N2CCC[C@@H](c3nnc4ccccn34)C2)cc1. The summed E-state index contributed by atoms with van der Waals surface area (Å²) in [5, 5.41) is 8.61. The molecule has 4 rings (SSSR count). The molecule has 1 aliphatic heterocycles. The average Bonchev–Trinajstić information content (AvgIpc) is 3.06. The summed E-state index contributed by atoms with van der Waals surface area (Å²) in [6, 6.07) is 13.7. The molecule has 2 aromatic heterocycles. The van der Waals surface area contributed by atoms with Gasteiger partial charge in [-0.15, -0.1) is 10.2 Å². The van der Waals surface area contributed by atoms with Crippen LogP contribution < -0.4 is 0 Å². The number of rotatable bonds is 2. The summed E-state index contributed by atoms with van der Waals surface area (Å²) in [5.41, 5.74) is 2.78. The number of carbonyl (C=O) groups excluding carboxylic acids is 1. The fourth-order valence-electron chi connectivity index (χ4n) is 3.39. The van der Waals surface area contributed by atoms with Crippen molar-refractivity contribution in [1.82, 2.24) is 19.5 Å². The van der Waals surface area contributed by atoms with E-state index in [4.69, 9.17) is 0 Å².